The third-order valence-corrected chi connectivity index (χ3v) is 29.3. The molecular weight excluding hydrogens is 1010 g/mol. The van der Waals surface area contributed by atoms with Gasteiger partial charge in [-0.1, -0.05) is 153 Å². The van der Waals surface area contributed by atoms with Crippen LogP contribution in [0.25, 0.3) is 32.9 Å². The van der Waals surface area contributed by atoms with Crippen molar-refractivity contribution in [2.75, 3.05) is 37.7 Å². The lowest BCUT2D eigenvalue weighted by atomic mass is 9.95. The Kier molecular flexibility index (Phi) is 15.2. The number of hydrogen-bond donors (Lipinski definition) is 0. The van der Waals surface area contributed by atoms with Gasteiger partial charge in [0, 0.05) is 36.3 Å². The van der Waals surface area contributed by atoms with E-state index in [1.807, 2.05) is 37.8 Å². The standard InChI is InChI=1S/C64H80F2N6O4Si2/c1-42(2)77(43(3)4,44(5)6)36-32-51-54(65)30-27-45-21-19-26-52(55(45)51)57-56(66)58-53(37-67-57)59(70-38-46-28-29-47(39-70)72(46)61(73)76-62(7,8)9)69-60(68-58)74-41-64-33-20-35-71(64)48(31-34-64)40-75-78(63(10,11)12,49-22-15-13-16-23-49)50-24-17-14-18-25-50/h13-19,21-27,30,37,42-44,46-48H,20,28-29,31,33-35,38-41H2,1-12H3/t46?,47?,48-,64+/m1/s1. The van der Waals surface area contributed by atoms with Crippen LogP contribution in [0.15, 0.2) is 97.2 Å². The minimum absolute atomic E-state index is 0.0485. The first-order valence-corrected chi connectivity index (χ1v) is 32.7. The molecule has 0 aliphatic carbocycles. The number of fused-ring (bicyclic) bond motifs is 5. The third-order valence-electron chi connectivity index (χ3n) is 18.0. The monoisotopic (exact) mass is 1090 g/mol. The van der Waals surface area contributed by atoms with E-state index in [4.69, 9.17) is 28.9 Å². The number of aromatic nitrogens is 3. The summed E-state index contributed by atoms with van der Waals surface area (Å²) in [5, 5.41) is 4.06. The fourth-order valence-electron chi connectivity index (χ4n) is 14.5. The first-order valence-electron chi connectivity index (χ1n) is 28.6. The molecule has 0 radical (unpaired) electrons. The van der Waals surface area contributed by atoms with Gasteiger partial charge in [0.05, 0.1) is 35.2 Å². The van der Waals surface area contributed by atoms with E-state index in [1.54, 1.807) is 18.3 Å². The van der Waals surface area contributed by atoms with Gasteiger partial charge in [-0.2, -0.15) is 9.97 Å². The van der Waals surface area contributed by atoms with Crippen molar-refractivity contribution in [3.05, 3.63) is 114 Å². The number of amides is 1. The van der Waals surface area contributed by atoms with E-state index in [1.165, 1.54) is 16.4 Å². The van der Waals surface area contributed by atoms with Gasteiger partial charge in [0.15, 0.2) is 5.82 Å². The number of carbonyl (C=O) groups is 1. The van der Waals surface area contributed by atoms with Gasteiger partial charge in [-0.25, -0.2) is 13.6 Å². The van der Waals surface area contributed by atoms with Gasteiger partial charge in [-0.15, -0.1) is 5.54 Å². The lowest BCUT2D eigenvalue weighted by molar-refractivity contribution is 0.0122. The highest BCUT2D eigenvalue weighted by Crippen LogP contribution is 2.46. The number of anilines is 1. The van der Waals surface area contributed by atoms with Crippen molar-refractivity contribution in [3.63, 3.8) is 0 Å². The van der Waals surface area contributed by atoms with Crippen molar-refractivity contribution in [2.45, 2.75) is 173 Å². The number of pyridine rings is 1. The van der Waals surface area contributed by atoms with Crippen molar-refractivity contribution in [1.29, 1.82) is 0 Å². The summed E-state index contributed by atoms with van der Waals surface area (Å²) in [5.41, 5.74) is 4.61. The Bertz CT molecular complexity index is 3170. The van der Waals surface area contributed by atoms with Gasteiger partial charge in [-0.3, -0.25) is 14.8 Å². The van der Waals surface area contributed by atoms with Crippen LogP contribution in [0.4, 0.5) is 19.4 Å². The number of carbonyl (C=O) groups excluding carboxylic acids is 1. The SMILES string of the molecule is CC(C)[Si](C#Cc1c(F)ccc2cccc(-c3ncc4c(N5CC6CCC(C5)N6C(=O)OC(C)(C)C)nc(OC[C@@]56CCCN5[C@@H](CO[Si](c5ccccc5)(c5ccccc5)C(C)(C)C)CC6)nc4c3F)c12)(C(C)C)C(C)C. The quantitative estimate of drug-likeness (QED) is 0.0828. The molecule has 1 amide bonds. The summed E-state index contributed by atoms with van der Waals surface area (Å²) < 4.78 is 54.8. The third kappa shape index (κ3) is 9.93. The van der Waals surface area contributed by atoms with Gasteiger partial charge < -0.3 is 18.8 Å². The summed E-state index contributed by atoms with van der Waals surface area (Å²) in [6, 6.07) is 30.4. The van der Waals surface area contributed by atoms with E-state index in [-0.39, 0.29) is 57.6 Å². The molecule has 4 aromatic carbocycles. The number of nitrogens with zero attached hydrogens (tertiary/aromatic N) is 6. The summed E-state index contributed by atoms with van der Waals surface area (Å²) in [4.78, 5) is 35.3. The number of hydrogen-bond acceptors (Lipinski definition) is 9. The van der Waals surface area contributed by atoms with Crippen LogP contribution in [0.1, 0.15) is 127 Å². The van der Waals surface area contributed by atoms with E-state index in [0.717, 1.165) is 50.5 Å². The van der Waals surface area contributed by atoms with Crippen LogP contribution in [0.3, 0.4) is 0 Å². The Morgan fingerprint density at radius 1 is 0.795 bits per heavy atom. The number of rotatable bonds is 13. The Labute approximate surface area is 463 Å². The van der Waals surface area contributed by atoms with Gasteiger partial charge in [0.2, 0.25) is 0 Å². The van der Waals surface area contributed by atoms with E-state index in [9.17, 15) is 4.79 Å². The zero-order valence-corrected chi connectivity index (χ0v) is 50.1. The maximum Gasteiger partial charge on any atom is 0.410 e. The van der Waals surface area contributed by atoms with Gasteiger partial charge >= 0.3 is 12.1 Å². The van der Waals surface area contributed by atoms with E-state index in [0.29, 0.717) is 65.1 Å². The Morgan fingerprint density at radius 3 is 2.04 bits per heavy atom. The maximum absolute atomic E-state index is 18.1. The first-order chi connectivity index (χ1) is 37.1. The zero-order chi connectivity index (χ0) is 55.5. The van der Waals surface area contributed by atoms with Gasteiger partial charge in [0.25, 0.3) is 8.32 Å². The predicted octanol–water partition coefficient (Wildman–Crippen LogP) is 13.2. The number of piperazine rings is 1. The number of ether oxygens (including phenoxy) is 2. The molecule has 6 heterocycles. The molecule has 14 heteroatoms. The highest BCUT2D eigenvalue weighted by molar-refractivity contribution is 6.99. The van der Waals surface area contributed by atoms with Gasteiger partial charge in [0.1, 0.15) is 43.1 Å². The molecule has 4 fully saturated rings. The molecule has 4 saturated heterocycles. The summed E-state index contributed by atoms with van der Waals surface area (Å²) >= 11 is 0. The normalized spacial score (nSPS) is 21.0. The van der Waals surface area contributed by atoms with Crippen LogP contribution >= 0.6 is 0 Å². The lowest BCUT2D eigenvalue weighted by Crippen LogP contribution is -2.67. The maximum atomic E-state index is 18.1. The fourth-order valence-corrected chi connectivity index (χ4v) is 24.3. The highest BCUT2D eigenvalue weighted by Gasteiger charge is 2.54. The van der Waals surface area contributed by atoms with Crippen molar-refractivity contribution in [2.24, 2.45) is 0 Å². The Hall–Kier alpha value is -5.73. The van der Waals surface area contributed by atoms with Crippen molar-refractivity contribution < 1.29 is 27.5 Å². The molecule has 2 bridgehead atoms. The first kappa shape index (κ1) is 55.6. The smallest absolute Gasteiger partial charge is 0.410 e. The molecule has 0 N–H and O–H groups in total. The largest absolute Gasteiger partial charge is 0.461 e. The van der Waals surface area contributed by atoms with Crippen LogP contribution in [-0.4, -0.2) is 109 Å². The second-order valence-corrected chi connectivity index (χ2v) is 35.5. The molecule has 412 valence electrons. The summed E-state index contributed by atoms with van der Waals surface area (Å²) in [6.07, 6.45) is 6.77. The Balaban J connectivity index is 1.02. The van der Waals surface area contributed by atoms with Crippen LogP contribution in [0, 0.1) is 23.1 Å². The minimum Gasteiger partial charge on any atom is -0.461 e. The molecule has 2 aromatic heterocycles. The molecule has 10 rings (SSSR count). The Morgan fingerprint density at radius 2 is 1.44 bits per heavy atom. The van der Waals surface area contributed by atoms with Crippen LogP contribution in [0.5, 0.6) is 6.01 Å². The van der Waals surface area contributed by atoms with Crippen molar-refractivity contribution in [3.8, 4) is 28.7 Å². The molecule has 4 aliphatic rings. The fraction of sp³-hybridized carbons (Fsp3) is 0.500. The molecule has 0 saturated carbocycles. The molecule has 4 aliphatic heterocycles. The minimum atomic E-state index is -2.79. The molecule has 10 nitrogen and oxygen atoms in total. The molecule has 78 heavy (non-hydrogen) atoms. The van der Waals surface area contributed by atoms with E-state index in [2.05, 4.69) is 144 Å². The summed E-state index contributed by atoms with van der Waals surface area (Å²) in [6.45, 7) is 28.8. The van der Waals surface area contributed by atoms with E-state index >= 15 is 8.78 Å². The van der Waals surface area contributed by atoms with Crippen LogP contribution in [0.2, 0.25) is 21.7 Å². The average Bonchev–Trinajstić information content (AvgIpc) is 4.10. The second-order valence-electron chi connectivity index (χ2n) is 25.6. The molecule has 4 atom stereocenters. The van der Waals surface area contributed by atoms with Crippen molar-refractivity contribution in [1.82, 2.24) is 24.8 Å². The molecule has 2 unspecified atom stereocenters. The molecule has 0 spiro atoms. The van der Waals surface area contributed by atoms with Crippen LogP contribution in [-0.2, 0) is 9.16 Å². The number of halogens is 2. The average molecular weight is 1090 g/mol. The van der Waals surface area contributed by atoms with Crippen LogP contribution < -0.4 is 20.0 Å². The topological polar surface area (TPSA) is 93.2 Å². The van der Waals surface area contributed by atoms with E-state index < -0.39 is 33.6 Å². The summed E-state index contributed by atoms with van der Waals surface area (Å²) in [5.74, 6) is 2.80. The molecular formula is C64H80F2N6O4Si2. The van der Waals surface area contributed by atoms with Crippen molar-refractivity contribution >= 4 is 60.4 Å². The number of benzene rings is 4. The summed E-state index contributed by atoms with van der Waals surface area (Å²) in [7, 11) is -5.07. The zero-order valence-electron chi connectivity index (χ0n) is 48.1. The second kappa shape index (κ2) is 21.4. The molecule has 6 aromatic rings. The predicted molar refractivity (Wildman–Crippen MR) is 316 cm³/mol. The highest BCUT2D eigenvalue weighted by atomic mass is 28.4. The lowest BCUT2D eigenvalue weighted by Gasteiger charge is -2.44. The van der Waals surface area contributed by atoms with Gasteiger partial charge in [-0.05, 0) is 109 Å².